The number of hydrogen-bond acceptors (Lipinski definition) is 5. The lowest BCUT2D eigenvalue weighted by molar-refractivity contribution is -0.268. The Labute approximate surface area is 136 Å². The normalized spacial score (nSPS) is 25.7. The van der Waals surface area contributed by atoms with Gasteiger partial charge in [0.1, 0.15) is 6.09 Å². The van der Waals surface area contributed by atoms with Crippen molar-refractivity contribution in [2.24, 2.45) is 17.6 Å². The fourth-order valence-corrected chi connectivity index (χ4v) is 3.87. The predicted octanol–water partition coefficient (Wildman–Crippen LogP) is 0.155. The highest BCUT2D eigenvalue weighted by Gasteiger charge is 2.34. The highest BCUT2D eigenvalue weighted by Crippen LogP contribution is 2.29. The van der Waals surface area contributed by atoms with Gasteiger partial charge in [-0.2, -0.15) is 5.26 Å². The van der Waals surface area contributed by atoms with Crippen molar-refractivity contribution in [2.45, 2.75) is 12.5 Å². The molecule has 3 rings (SSSR count). The van der Waals surface area contributed by atoms with Gasteiger partial charge in [-0.25, -0.2) is 0 Å². The van der Waals surface area contributed by atoms with Gasteiger partial charge in [0.25, 0.3) is 0 Å². The number of fused-ring (bicyclic) bond motifs is 2. The van der Waals surface area contributed by atoms with E-state index in [0.717, 1.165) is 31.6 Å². The molecule has 1 amide bonds. The summed E-state index contributed by atoms with van der Waals surface area (Å²) in [6.45, 7) is 3.65. The number of carboxylic acid groups (broad SMARTS) is 1. The van der Waals surface area contributed by atoms with Crippen LogP contribution in [-0.4, -0.2) is 48.6 Å². The van der Waals surface area contributed by atoms with E-state index < -0.39 is 6.09 Å². The summed E-state index contributed by atoms with van der Waals surface area (Å²) in [6, 6.07) is 9.40. The fourth-order valence-electron chi connectivity index (χ4n) is 3.87. The Morgan fingerprint density at radius 3 is 2.39 bits per heavy atom. The van der Waals surface area contributed by atoms with Crippen molar-refractivity contribution in [2.75, 3.05) is 32.7 Å². The van der Waals surface area contributed by atoms with Crippen LogP contribution < -0.4 is 10.8 Å². The minimum atomic E-state index is -1.05. The van der Waals surface area contributed by atoms with Crippen LogP contribution in [-0.2, 0) is 0 Å². The number of rotatable bonds is 3. The van der Waals surface area contributed by atoms with Gasteiger partial charge < -0.3 is 25.4 Å². The maximum absolute atomic E-state index is 11.0. The summed E-state index contributed by atoms with van der Waals surface area (Å²) >= 11 is 0. The van der Waals surface area contributed by atoms with E-state index in [2.05, 4.69) is 11.0 Å². The summed E-state index contributed by atoms with van der Waals surface area (Å²) in [5, 5.41) is 19.9. The fraction of sp³-hybridized carbons (Fsp3) is 0.529. The molecule has 122 valence electrons. The molecule has 0 spiro atoms. The van der Waals surface area contributed by atoms with Gasteiger partial charge in [-0.1, -0.05) is 12.1 Å². The number of amides is 1. The van der Waals surface area contributed by atoms with Crippen molar-refractivity contribution in [1.29, 1.82) is 5.26 Å². The molecule has 2 fully saturated rings. The van der Waals surface area contributed by atoms with E-state index in [0.29, 0.717) is 30.5 Å². The van der Waals surface area contributed by atoms with E-state index in [-0.39, 0.29) is 6.04 Å². The number of carbonyl (C=O) groups excluding carboxylic acids is 1. The van der Waals surface area contributed by atoms with Crippen LogP contribution in [0.25, 0.3) is 0 Å². The molecule has 0 aromatic heterocycles. The van der Waals surface area contributed by atoms with Gasteiger partial charge in [0.2, 0.25) is 0 Å². The summed E-state index contributed by atoms with van der Waals surface area (Å²) in [5.41, 5.74) is 7.96. The highest BCUT2D eigenvalue weighted by atomic mass is 16.4. The van der Waals surface area contributed by atoms with E-state index in [1.807, 2.05) is 12.1 Å². The second-order valence-corrected chi connectivity index (χ2v) is 6.70. The lowest BCUT2D eigenvalue weighted by atomic mass is 9.84. The number of carbonyl (C=O) groups is 1. The van der Waals surface area contributed by atoms with Gasteiger partial charge in [-0.15, -0.1) is 0 Å². The van der Waals surface area contributed by atoms with Crippen molar-refractivity contribution in [1.82, 2.24) is 9.80 Å². The van der Waals surface area contributed by atoms with E-state index in [4.69, 9.17) is 11.0 Å². The van der Waals surface area contributed by atoms with Crippen LogP contribution in [0.4, 0.5) is 4.79 Å². The molecule has 3 unspecified atom stereocenters. The van der Waals surface area contributed by atoms with E-state index >= 15 is 0 Å². The summed E-state index contributed by atoms with van der Waals surface area (Å²) in [7, 11) is 0. The third-order valence-corrected chi connectivity index (χ3v) is 4.84. The predicted molar refractivity (Wildman–Crippen MR) is 83.1 cm³/mol. The third kappa shape index (κ3) is 3.63. The molecule has 23 heavy (non-hydrogen) atoms. The molecule has 2 bridgehead atoms. The zero-order valence-electron chi connectivity index (χ0n) is 13.0. The molecule has 1 aromatic carbocycles. The van der Waals surface area contributed by atoms with Crippen LogP contribution in [0, 0.1) is 23.2 Å². The number of nitrogens with zero attached hydrogens (tertiary/aromatic N) is 3. The maximum Gasteiger partial charge on any atom is 0.136 e. The molecule has 1 aromatic rings. The van der Waals surface area contributed by atoms with Crippen molar-refractivity contribution in [3.63, 3.8) is 0 Å². The van der Waals surface area contributed by atoms with Crippen LogP contribution in [0.1, 0.15) is 23.6 Å². The second kappa shape index (κ2) is 6.57. The van der Waals surface area contributed by atoms with Crippen LogP contribution in [0.3, 0.4) is 0 Å². The molecular weight excluding hydrogens is 292 g/mol. The summed E-state index contributed by atoms with van der Waals surface area (Å²) in [5.74, 6) is 0.738. The molecule has 0 radical (unpaired) electrons. The summed E-state index contributed by atoms with van der Waals surface area (Å²) in [4.78, 5) is 14.8. The molecule has 2 heterocycles. The number of likely N-dealkylation sites (tertiary alicyclic amines) is 2. The van der Waals surface area contributed by atoms with Crippen molar-refractivity contribution in [3.8, 4) is 6.07 Å². The monoisotopic (exact) mass is 313 g/mol. The number of benzene rings is 1. The zero-order chi connectivity index (χ0) is 16.4. The zero-order valence-corrected chi connectivity index (χ0v) is 13.0. The van der Waals surface area contributed by atoms with Gasteiger partial charge in [0, 0.05) is 38.8 Å². The van der Waals surface area contributed by atoms with Crippen LogP contribution >= 0.6 is 0 Å². The van der Waals surface area contributed by atoms with Crippen LogP contribution in [0.2, 0.25) is 0 Å². The first-order valence-electron chi connectivity index (χ1n) is 7.99. The topological polar surface area (TPSA) is 96.4 Å². The van der Waals surface area contributed by atoms with Crippen molar-refractivity contribution >= 4 is 6.09 Å². The summed E-state index contributed by atoms with van der Waals surface area (Å²) < 4.78 is 0. The average molecular weight is 313 g/mol. The van der Waals surface area contributed by atoms with Gasteiger partial charge in [0.05, 0.1) is 11.6 Å². The number of nitriles is 1. The average Bonchev–Trinajstić information content (AvgIpc) is 2.54. The van der Waals surface area contributed by atoms with Crippen molar-refractivity contribution in [3.05, 3.63) is 35.4 Å². The third-order valence-electron chi connectivity index (χ3n) is 4.84. The standard InChI is InChI=1S/C17H22N4O2/c18-6-12-1-3-15(4-2-12)16(19)11-20-7-13-5-14(8-20)10-21(9-13)17(22)23/h1-4,13-14,16H,5,7-11,19H2,(H,22,23)/p-1. The SMILES string of the molecule is N#Cc1ccc(C(N)CN2CC3CC(C2)CN(C(=O)[O-])C3)cc1. The molecule has 0 aliphatic carbocycles. The first kappa shape index (κ1) is 15.8. The van der Waals surface area contributed by atoms with E-state index in [1.165, 1.54) is 4.90 Å². The van der Waals surface area contributed by atoms with Gasteiger partial charge in [0.15, 0.2) is 0 Å². The highest BCUT2D eigenvalue weighted by molar-refractivity contribution is 5.62. The first-order chi connectivity index (χ1) is 11.0. The lowest BCUT2D eigenvalue weighted by Crippen LogP contribution is -2.57. The molecule has 3 atom stereocenters. The Morgan fingerprint density at radius 1 is 1.26 bits per heavy atom. The number of hydrogen-bond donors (Lipinski definition) is 1. The molecule has 0 saturated carbocycles. The molecule has 6 nitrogen and oxygen atoms in total. The molecular formula is C17H21N4O2-. The second-order valence-electron chi connectivity index (χ2n) is 6.70. The van der Waals surface area contributed by atoms with Crippen molar-refractivity contribution < 1.29 is 9.90 Å². The Kier molecular flexibility index (Phi) is 4.51. The molecule has 6 heteroatoms. The minimum absolute atomic E-state index is 0.0983. The molecule has 2 saturated heterocycles. The first-order valence-corrected chi connectivity index (χ1v) is 7.99. The largest absolute Gasteiger partial charge is 0.530 e. The smallest absolute Gasteiger partial charge is 0.136 e. The molecule has 2 aliphatic heterocycles. The Balaban J connectivity index is 1.59. The van der Waals surface area contributed by atoms with E-state index in [1.54, 1.807) is 12.1 Å². The number of piperidine rings is 2. The Bertz CT molecular complexity index is 596. The maximum atomic E-state index is 11.0. The Hall–Kier alpha value is -2.10. The van der Waals surface area contributed by atoms with Crippen LogP contribution in [0.5, 0.6) is 0 Å². The van der Waals surface area contributed by atoms with Gasteiger partial charge in [-0.05, 0) is 36.0 Å². The van der Waals surface area contributed by atoms with E-state index in [9.17, 15) is 9.90 Å². The Morgan fingerprint density at radius 2 is 1.87 bits per heavy atom. The summed E-state index contributed by atoms with van der Waals surface area (Å²) in [6.07, 6.45) is 0.0364. The minimum Gasteiger partial charge on any atom is -0.530 e. The molecule has 2 aliphatic rings. The van der Waals surface area contributed by atoms with Gasteiger partial charge in [-0.3, -0.25) is 0 Å². The number of nitrogens with two attached hydrogens (primary N) is 1. The lowest BCUT2D eigenvalue weighted by Gasteiger charge is -2.47. The van der Waals surface area contributed by atoms with Crippen LogP contribution in [0.15, 0.2) is 24.3 Å². The quantitative estimate of drug-likeness (QED) is 0.857. The molecule has 2 N–H and O–H groups in total. The van der Waals surface area contributed by atoms with Gasteiger partial charge >= 0.3 is 0 Å².